The maximum absolute atomic E-state index is 11.6. The molecule has 0 aliphatic carbocycles. The van der Waals surface area contributed by atoms with E-state index < -0.39 is 56.4 Å². The van der Waals surface area contributed by atoms with Gasteiger partial charge in [0, 0.05) is 21.4 Å². The number of ether oxygens (including phenoxy) is 2. The molecule has 0 aromatic rings. The van der Waals surface area contributed by atoms with Crippen LogP contribution in [-0.4, -0.2) is 63.4 Å². The van der Waals surface area contributed by atoms with Gasteiger partial charge in [-0.3, -0.25) is 14.4 Å². The first-order valence-electron chi connectivity index (χ1n) is 6.81. The highest BCUT2D eigenvalue weighted by atomic mass is 36.0. The molecule has 8 nitrogen and oxygen atoms in total. The smallest absolute Gasteiger partial charge is 0.331 e. The molecule has 0 saturated carbocycles. The highest BCUT2D eigenvalue weighted by molar-refractivity contribution is 8.31. The molecule has 0 bridgehead atoms. The summed E-state index contributed by atoms with van der Waals surface area (Å²) in [6, 6.07) is 0. The van der Waals surface area contributed by atoms with Crippen molar-refractivity contribution in [3.63, 3.8) is 0 Å². The molecular weight excluding hydrogens is 487 g/mol. The van der Waals surface area contributed by atoms with E-state index >= 15 is 0 Å². The number of carbonyl (C=O) groups is 4. The van der Waals surface area contributed by atoms with Crippen molar-refractivity contribution in [2.75, 3.05) is 13.2 Å². The highest BCUT2D eigenvalue weighted by Crippen LogP contribution is 2.07. The molecule has 0 heterocycles. The first-order valence-corrected chi connectivity index (χ1v) is 10.4. The summed E-state index contributed by atoms with van der Waals surface area (Å²) in [5, 5.41) is -1.90. The Kier molecular flexibility index (Phi) is 18.8. The monoisotopic (exact) mass is 500 g/mol. The summed E-state index contributed by atoms with van der Waals surface area (Å²) < 4.78 is 73.1. The molecule has 0 aliphatic rings. The Bertz CT molecular complexity index is 608. The van der Waals surface area contributed by atoms with E-state index in [1.807, 2.05) is 0 Å². The van der Waals surface area contributed by atoms with Gasteiger partial charge in [0.15, 0.2) is 5.38 Å². The van der Waals surface area contributed by atoms with Gasteiger partial charge in [0.2, 0.25) is 11.6 Å². The fraction of sp³-hybridized carbons (Fsp3) is 0.667. The summed E-state index contributed by atoms with van der Waals surface area (Å²) in [5.41, 5.74) is 0. The summed E-state index contributed by atoms with van der Waals surface area (Å²) >= 11 is 5.05. The Hall–Kier alpha value is -1.18. The number of carbonyl (C=O) groups excluding carboxylic acids is 4. The molecule has 0 fully saturated rings. The Balaban J connectivity index is -0.000000362. The number of halogens is 7. The molecule has 0 aliphatic heterocycles. The van der Waals surface area contributed by atoms with Crippen LogP contribution in [0.5, 0.6) is 0 Å². The van der Waals surface area contributed by atoms with Crippen LogP contribution in [0, 0.1) is 0 Å². The highest BCUT2D eigenvalue weighted by Gasteiger charge is 2.31. The summed E-state index contributed by atoms with van der Waals surface area (Å²) in [7, 11) is 4.81. The molecule has 0 spiro atoms. The lowest BCUT2D eigenvalue weighted by molar-refractivity contribution is -0.149. The molecule has 0 rings (SSSR count). The van der Waals surface area contributed by atoms with Gasteiger partial charge in [-0.25, -0.2) is 22.4 Å². The van der Waals surface area contributed by atoms with E-state index in [0.29, 0.717) is 0 Å². The van der Waals surface area contributed by atoms with E-state index in [2.05, 4.69) is 30.8 Å². The van der Waals surface area contributed by atoms with E-state index in [0.717, 1.165) is 0 Å². The van der Waals surface area contributed by atoms with Crippen LogP contribution in [0.1, 0.15) is 20.3 Å². The molecule has 28 heavy (non-hydrogen) atoms. The molecular formula is C12H15Cl3F4O8S. The van der Waals surface area contributed by atoms with Crippen molar-refractivity contribution in [2.24, 2.45) is 0 Å². The van der Waals surface area contributed by atoms with Crippen LogP contribution in [-0.2, 0) is 36.9 Å². The number of hydrogen-bond acceptors (Lipinski definition) is 8. The Morgan fingerprint density at radius 3 is 1.57 bits per heavy atom. The van der Waals surface area contributed by atoms with Gasteiger partial charge in [-0.05, 0) is 13.8 Å². The summed E-state index contributed by atoms with van der Waals surface area (Å²) in [5.74, 6) is -5.07. The zero-order valence-electron chi connectivity index (χ0n) is 14.2. The number of alkyl halides is 5. The van der Waals surface area contributed by atoms with Gasteiger partial charge in [-0.2, -0.15) is 8.42 Å². The molecule has 1 unspecified atom stereocenters. The van der Waals surface area contributed by atoms with Gasteiger partial charge >= 0.3 is 20.2 Å². The van der Waals surface area contributed by atoms with Crippen molar-refractivity contribution in [1.29, 1.82) is 0 Å². The van der Waals surface area contributed by atoms with Gasteiger partial charge in [0.05, 0.1) is 13.2 Å². The number of ketones is 2. The van der Waals surface area contributed by atoms with Gasteiger partial charge in [-0.1, -0.05) is 0 Å². The van der Waals surface area contributed by atoms with Crippen LogP contribution in [0.3, 0.4) is 0 Å². The molecule has 166 valence electrons. The minimum Gasteiger partial charge on any atom is -0.466 e. The average Bonchev–Trinajstić information content (AvgIpc) is 2.52. The second-order valence-electron chi connectivity index (χ2n) is 3.94. The number of Topliss-reactive ketones (excluding diaryl/α,β-unsaturated/α-hetero) is 2. The summed E-state index contributed by atoms with van der Waals surface area (Å²) in [4.78, 5) is 41.5. The van der Waals surface area contributed by atoms with Gasteiger partial charge in [0.25, 0.3) is 12.9 Å². The maximum Gasteiger partial charge on any atom is 0.331 e. The fourth-order valence-corrected chi connectivity index (χ4v) is 1.03. The van der Waals surface area contributed by atoms with Crippen LogP contribution in [0.4, 0.5) is 17.6 Å². The SMILES string of the molecule is CCOC(=O)C(Cl)C(=O)C(F)F.CCOC(=O)CC(=O)C(F)F.O=S(=O)(Cl)Cl. The second-order valence-corrected chi connectivity index (χ2v) is 8.05. The van der Waals surface area contributed by atoms with Crippen LogP contribution in [0.25, 0.3) is 0 Å². The largest absolute Gasteiger partial charge is 0.466 e. The fourth-order valence-electron chi connectivity index (χ4n) is 0.874. The number of hydrogen-bond donors (Lipinski definition) is 0. The van der Waals surface area contributed by atoms with E-state index in [1.165, 1.54) is 13.8 Å². The molecule has 0 aromatic carbocycles. The Morgan fingerprint density at radius 2 is 1.29 bits per heavy atom. The average molecular weight is 502 g/mol. The number of rotatable bonds is 8. The second kappa shape index (κ2) is 16.7. The third-order valence-electron chi connectivity index (χ3n) is 1.83. The third kappa shape index (κ3) is 22.9. The molecule has 16 heteroatoms. The zero-order chi connectivity index (χ0) is 23.1. The normalized spacial score (nSPS) is 11.4. The van der Waals surface area contributed by atoms with Gasteiger partial charge in [-0.15, -0.1) is 11.6 Å². The molecule has 0 saturated heterocycles. The molecule has 0 aromatic heterocycles. The predicted octanol–water partition coefficient (Wildman–Crippen LogP) is 2.47. The Labute approximate surface area is 171 Å². The van der Waals surface area contributed by atoms with Crippen LogP contribution < -0.4 is 0 Å². The van der Waals surface area contributed by atoms with Crippen LogP contribution in [0.2, 0.25) is 0 Å². The maximum atomic E-state index is 11.6. The van der Waals surface area contributed by atoms with Crippen molar-refractivity contribution in [3.05, 3.63) is 0 Å². The first-order chi connectivity index (χ1) is 12.6. The molecule has 0 radical (unpaired) electrons. The standard InChI is InChI=1S/C6H7ClF2O3.C6H8F2O3.Cl2O2S/c1-2-12-6(11)3(7)4(10)5(8)9;1-2-11-5(10)3-4(9)6(7)8;1-5(2,3)4/h3,5H,2H2,1H3;6H,2-3H2,1H3;. The van der Waals surface area contributed by atoms with Crippen molar-refractivity contribution < 1.29 is 54.6 Å². The lowest BCUT2D eigenvalue weighted by Gasteiger charge is -2.05. The predicted molar refractivity (Wildman–Crippen MR) is 90.2 cm³/mol. The Morgan fingerprint density at radius 1 is 0.893 bits per heavy atom. The van der Waals surface area contributed by atoms with E-state index in [9.17, 15) is 36.7 Å². The molecule has 1 atom stereocenters. The lowest BCUT2D eigenvalue weighted by Crippen LogP contribution is -2.31. The van der Waals surface area contributed by atoms with Crippen LogP contribution >= 0.6 is 33.0 Å². The lowest BCUT2D eigenvalue weighted by atomic mass is 10.3. The topological polar surface area (TPSA) is 121 Å². The van der Waals surface area contributed by atoms with E-state index in [4.69, 9.17) is 20.0 Å². The van der Waals surface area contributed by atoms with Gasteiger partial charge in [0.1, 0.15) is 6.42 Å². The van der Waals surface area contributed by atoms with E-state index in [1.54, 1.807) is 0 Å². The van der Waals surface area contributed by atoms with Crippen LogP contribution in [0.15, 0.2) is 0 Å². The van der Waals surface area contributed by atoms with Crippen molar-refractivity contribution in [1.82, 2.24) is 0 Å². The van der Waals surface area contributed by atoms with Gasteiger partial charge < -0.3 is 9.47 Å². The molecule has 0 N–H and O–H groups in total. The third-order valence-corrected chi connectivity index (χ3v) is 2.22. The van der Waals surface area contributed by atoms with Crippen molar-refractivity contribution >= 4 is 64.7 Å². The van der Waals surface area contributed by atoms with Crippen molar-refractivity contribution in [3.8, 4) is 0 Å². The van der Waals surface area contributed by atoms with Crippen molar-refractivity contribution in [2.45, 2.75) is 38.5 Å². The molecule has 0 amide bonds. The van der Waals surface area contributed by atoms with E-state index in [-0.39, 0.29) is 13.2 Å². The summed E-state index contributed by atoms with van der Waals surface area (Å²) in [6.45, 7) is 3.10. The summed E-state index contributed by atoms with van der Waals surface area (Å²) in [6.07, 6.45) is -7.16. The minimum absolute atomic E-state index is 0.00142. The first kappa shape index (κ1) is 31.5. The number of esters is 2. The quantitative estimate of drug-likeness (QED) is 0.163. The zero-order valence-corrected chi connectivity index (χ0v) is 17.3. The minimum atomic E-state index is -3.72.